The molecule has 4 fully saturated rings. The third-order valence-corrected chi connectivity index (χ3v) is 9.71. The van der Waals surface area contributed by atoms with Gasteiger partial charge in [-0.1, -0.05) is 6.07 Å². The van der Waals surface area contributed by atoms with Gasteiger partial charge in [0.05, 0.1) is 13.2 Å². The number of hydrogen-bond acceptors (Lipinski definition) is 5. The fourth-order valence-electron chi connectivity index (χ4n) is 8.85. The van der Waals surface area contributed by atoms with Crippen LogP contribution in [-0.2, 0) is 16.6 Å². The Hall–Kier alpha value is -1.59. The van der Waals surface area contributed by atoms with Crippen molar-refractivity contribution >= 4 is 5.71 Å². The van der Waals surface area contributed by atoms with E-state index < -0.39 is 0 Å². The Morgan fingerprint density at radius 2 is 2.11 bits per heavy atom. The topological polar surface area (TPSA) is 43.3 Å². The summed E-state index contributed by atoms with van der Waals surface area (Å²) in [7, 11) is 5.98. The highest BCUT2D eigenvalue weighted by Crippen LogP contribution is 2.77. The monoisotopic (exact) mass is 380 g/mol. The second-order valence-electron chi connectivity index (χ2n) is 10.0. The summed E-state index contributed by atoms with van der Waals surface area (Å²) >= 11 is 0. The molecule has 8 rings (SSSR count). The molecule has 7 aliphatic rings. The van der Waals surface area contributed by atoms with Crippen LogP contribution in [0.3, 0.4) is 0 Å². The first-order valence-corrected chi connectivity index (χ1v) is 10.7. The summed E-state index contributed by atoms with van der Waals surface area (Å²) in [5, 5.41) is 0. The van der Waals surface area contributed by atoms with Gasteiger partial charge in [0.2, 0.25) is 0 Å². The average molecular weight is 380 g/mol. The van der Waals surface area contributed by atoms with Gasteiger partial charge in [-0.3, -0.25) is 4.99 Å². The molecule has 2 spiro atoms. The highest BCUT2D eigenvalue weighted by molar-refractivity contribution is 5.90. The van der Waals surface area contributed by atoms with E-state index in [1.54, 1.807) is 7.11 Å². The third kappa shape index (κ3) is 1.30. The summed E-state index contributed by atoms with van der Waals surface area (Å²) in [5.41, 5.74) is 4.11. The normalized spacial score (nSPS) is 48.9. The largest absolute Gasteiger partial charge is 0.493 e. The van der Waals surface area contributed by atoms with Crippen LogP contribution in [0, 0.1) is 11.3 Å². The van der Waals surface area contributed by atoms with Crippen LogP contribution in [-0.4, -0.2) is 62.2 Å². The summed E-state index contributed by atoms with van der Waals surface area (Å²) in [6, 6.07) is 5.17. The molecule has 4 aliphatic carbocycles. The van der Waals surface area contributed by atoms with E-state index in [1.165, 1.54) is 23.3 Å². The summed E-state index contributed by atoms with van der Waals surface area (Å²) in [4.78, 5) is 7.80. The molecule has 0 amide bonds. The van der Waals surface area contributed by atoms with Gasteiger partial charge in [-0.15, -0.1) is 0 Å². The molecule has 3 saturated carbocycles. The SMILES string of the molecule is COc1ccc2c3c1O[C@H]1[C@]4(OC)C5C[C@]6(C[C@H]4N=C5C)[C@@H](C2)N(C)CC[C@]316. The average Bonchev–Trinajstić information content (AvgIpc) is 3.13. The van der Waals surface area contributed by atoms with Crippen molar-refractivity contribution in [3.8, 4) is 11.5 Å². The number of rotatable bonds is 2. The van der Waals surface area contributed by atoms with Gasteiger partial charge in [0.25, 0.3) is 0 Å². The van der Waals surface area contributed by atoms with Crippen LogP contribution in [0.4, 0.5) is 0 Å². The maximum atomic E-state index is 6.95. The molecule has 1 aromatic rings. The minimum absolute atomic E-state index is 0.0325. The molecule has 5 nitrogen and oxygen atoms in total. The second-order valence-corrected chi connectivity index (χ2v) is 10.0. The van der Waals surface area contributed by atoms with Crippen molar-refractivity contribution in [3.63, 3.8) is 0 Å². The van der Waals surface area contributed by atoms with E-state index in [2.05, 4.69) is 31.0 Å². The van der Waals surface area contributed by atoms with E-state index in [4.69, 9.17) is 19.2 Å². The summed E-state index contributed by atoms with van der Waals surface area (Å²) in [6.45, 7) is 3.34. The lowest BCUT2D eigenvalue weighted by Crippen LogP contribution is -2.83. The zero-order valence-electron chi connectivity index (χ0n) is 17.1. The smallest absolute Gasteiger partial charge is 0.165 e. The van der Waals surface area contributed by atoms with Gasteiger partial charge >= 0.3 is 0 Å². The van der Waals surface area contributed by atoms with Crippen molar-refractivity contribution in [2.24, 2.45) is 16.3 Å². The number of aliphatic imine (C=N–C) groups is 1. The van der Waals surface area contributed by atoms with Crippen LogP contribution < -0.4 is 9.47 Å². The quantitative estimate of drug-likeness (QED) is 0.791. The Morgan fingerprint density at radius 3 is 2.86 bits per heavy atom. The van der Waals surface area contributed by atoms with Gasteiger partial charge in [0.1, 0.15) is 11.7 Å². The molecule has 6 bridgehead atoms. The second kappa shape index (κ2) is 4.59. The predicted octanol–water partition coefficient (Wildman–Crippen LogP) is 2.59. The lowest BCUT2D eigenvalue weighted by Gasteiger charge is -2.73. The number of benzene rings is 1. The Bertz CT molecular complexity index is 959. The number of likely N-dealkylation sites (tertiary alicyclic amines) is 1. The number of piperidine rings is 1. The maximum absolute atomic E-state index is 6.95. The van der Waals surface area contributed by atoms with Crippen molar-refractivity contribution in [2.75, 3.05) is 27.8 Å². The molecule has 3 heterocycles. The van der Waals surface area contributed by atoms with Gasteiger partial charge in [0, 0.05) is 41.2 Å². The summed E-state index contributed by atoms with van der Waals surface area (Å²) in [6.07, 6.45) is 4.59. The molecule has 5 heteroatoms. The molecule has 0 N–H and O–H groups in total. The molecule has 1 aromatic carbocycles. The number of methoxy groups -OCH3 is 2. The van der Waals surface area contributed by atoms with Crippen LogP contribution in [0.15, 0.2) is 17.1 Å². The number of likely N-dealkylation sites (N-methyl/N-ethyl adjacent to an activating group) is 1. The predicted molar refractivity (Wildman–Crippen MR) is 106 cm³/mol. The van der Waals surface area contributed by atoms with Crippen molar-refractivity contribution in [2.45, 2.75) is 61.8 Å². The van der Waals surface area contributed by atoms with Gasteiger partial charge in [-0.2, -0.15) is 0 Å². The Labute approximate surface area is 166 Å². The van der Waals surface area contributed by atoms with E-state index in [0.29, 0.717) is 12.0 Å². The summed E-state index contributed by atoms with van der Waals surface area (Å²) in [5.74, 6) is 2.25. The van der Waals surface area contributed by atoms with Gasteiger partial charge in [0.15, 0.2) is 11.5 Å². The lowest BCUT2D eigenvalue weighted by molar-refractivity contribution is -0.264. The Morgan fingerprint density at radius 1 is 1.25 bits per heavy atom. The molecule has 0 aromatic heterocycles. The zero-order valence-corrected chi connectivity index (χ0v) is 17.1. The molecule has 1 unspecified atom stereocenters. The Kier molecular flexibility index (Phi) is 2.66. The van der Waals surface area contributed by atoms with Crippen LogP contribution in [0.25, 0.3) is 0 Å². The van der Waals surface area contributed by atoms with E-state index in [9.17, 15) is 0 Å². The zero-order chi connectivity index (χ0) is 19.1. The van der Waals surface area contributed by atoms with E-state index in [-0.39, 0.29) is 28.6 Å². The molecular weight excluding hydrogens is 352 g/mol. The van der Waals surface area contributed by atoms with Crippen molar-refractivity contribution in [1.29, 1.82) is 0 Å². The fourth-order valence-corrected chi connectivity index (χ4v) is 8.85. The Balaban J connectivity index is 1.59. The van der Waals surface area contributed by atoms with Crippen LogP contribution in [0.5, 0.6) is 11.5 Å². The van der Waals surface area contributed by atoms with Crippen LogP contribution >= 0.6 is 0 Å². The van der Waals surface area contributed by atoms with Crippen molar-refractivity contribution in [3.05, 3.63) is 23.3 Å². The van der Waals surface area contributed by atoms with Crippen molar-refractivity contribution < 1.29 is 14.2 Å². The maximum Gasteiger partial charge on any atom is 0.165 e. The summed E-state index contributed by atoms with van der Waals surface area (Å²) < 4.78 is 19.2. The molecule has 0 radical (unpaired) electrons. The molecule has 1 saturated heterocycles. The highest BCUT2D eigenvalue weighted by atomic mass is 16.6. The van der Waals surface area contributed by atoms with Gasteiger partial charge < -0.3 is 19.1 Å². The standard InChI is InChI=1S/C23H28N2O3/c1-12-14-10-21-11-16(24-12)23(14,27-4)20-22(21)7-8-25(2)17(21)9-13-5-6-15(26-3)19(28-20)18(13)22/h5-6,14,16-17,20H,7-11H2,1-4H3/t14?,16-,17-,20-,21+,22+,23+/m1/s1. The minimum Gasteiger partial charge on any atom is -0.493 e. The van der Waals surface area contributed by atoms with Crippen LogP contribution in [0.2, 0.25) is 0 Å². The minimum atomic E-state index is -0.328. The van der Waals surface area contributed by atoms with Crippen molar-refractivity contribution in [1.82, 2.24) is 4.90 Å². The number of hydrogen-bond donors (Lipinski definition) is 0. The number of nitrogens with zero attached hydrogens (tertiary/aromatic N) is 2. The third-order valence-electron chi connectivity index (χ3n) is 9.71. The fraction of sp³-hybridized carbons (Fsp3) is 0.696. The highest BCUT2D eigenvalue weighted by Gasteiger charge is 2.84. The molecule has 28 heavy (non-hydrogen) atoms. The van der Waals surface area contributed by atoms with E-state index in [0.717, 1.165) is 37.3 Å². The first-order chi connectivity index (χ1) is 13.5. The van der Waals surface area contributed by atoms with E-state index >= 15 is 0 Å². The van der Waals surface area contributed by atoms with Gasteiger partial charge in [-0.25, -0.2) is 0 Å². The van der Waals surface area contributed by atoms with Crippen LogP contribution in [0.1, 0.15) is 37.3 Å². The first-order valence-electron chi connectivity index (χ1n) is 10.7. The van der Waals surface area contributed by atoms with E-state index in [1.807, 2.05) is 7.11 Å². The molecule has 3 aliphatic heterocycles. The van der Waals surface area contributed by atoms with Gasteiger partial charge in [-0.05, 0) is 57.8 Å². The molecular formula is C23H28N2O3. The first kappa shape index (κ1) is 16.2. The number of ether oxygens (including phenoxy) is 3. The molecule has 148 valence electrons. The lowest BCUT2D eigenvalue weighted by atomic mass is 9.34. The molecule has 7 atom stereocenters.